The number of hydrogen-bond acceptors (Lipinski definition) is 4. The van der Waals surface area contributed by atoms with Crippen molar-refractivity contribution in [2.45, 2.75) is 31.9 Å². The monoisotopic (exact) mass is 367 g/mol. The number of halogens is 3. The number of carbonyl (C=O) groups excluding carboxylic acids is 1. The Morgan fingerprint density at radius 1 is 1.15 bits per heavy atom. The summed E-state index contributed by atoms with van der Waals surface area (Å²) in [4.78, 5) is 18.2. The Morgan fingerprint density at radius 3 is 2.50 bits per heavy atom. The second-order valence-corrected chi connectivity index (χ2v) is 6.31. The van der Waals surface area contributed by atoms with Gasteiger partial charge in [-0.15, -0.1) is 0 Å². The van der Waals surface area contributed by atoms with Gasteiger partial charge in [0.15, 0.2) is 0 Å². The highest BCUT2D eigenvalue weighted by atomic mass is 19.4. The van der Waals surface area contributed by atoms with Crippen molar-refractivity contribution in [2.24, 2.45) is 0 Å². The normalized spacial score (nSPS) is 16.3. The van der Waals surface area contributed by atoms with Gasteiger partial charge in [0, 0.05) is 0 Å². The Bertz CT molecular complexity index is 737. The van der Waals surface area contributed by atoms with Crippen molar-refractivity contribution < 1.29 is 18.0 Å². The number of nitrogens with zero attached hydrogens (tertiary/aromatic N) is 4. The lowest BCUT2D eigenvalue weighted by Crippen LogP contribution is -2.34. The molecule has 1 aromatic carbocycles. The maximum atomic E-state index is 13.0. The number of amides is 1. The minimum Gasteiger partial charge on any atom is -0.323 e. The lowest BCUT2D eigenvalue weighted by Gasteiger charge is -2.20. The molecule has 0 bridgehead atoms. The average Bonchev–Trinajstić information content (AvgIpc) is 2.99. The molecule has 0 atom stereocenters. The summed E-state index contributed by atoms with van der Waals surface area (Å²) in [7, 11) is 0. The third-order valence-corrected chi connectivity index (χ3v) is 4.33. The van der Waals surface area contributed by atoms with Crippen molar-refractivity contribution in [3.63, 3.8) is 0 Å². The van der Waals surface area contributed by atoms with Crippen molar-refractivity contribution in [2.75, 3.05) is 25.0 Å². The largest absolute Gasteiger partial charge is 0.416 e. The van der Waals surface area contributed by atoms with Crippen LogP contribution in [0.5, 0.6) is 0 Å². The number of aromatic nitrogens is 3. The van der Waals surface area contributed by atoms with Gasteiger partial charge in [-0.2, -0.15) is 18.3 Å². The Hall–Kier alpha value is -2.42. The average molecular weight is 367 g/mol. The molecule has 1 amide bonds. The maximum absolute atomic E-state index is 13.0. The number of anilines is 1. The first-order valence-electron chi connectivity index (χ1n) is 8.52. The van der Waals surface area contributed by atoms with Gasteiger partial charge in [-0.05, 0) is 44.1 Å². The van der Waals surface area contributed by atoms with Gasteiger partial charge in [0.1, 0.15) is 12.7 Å². The van der Waals surface area contributed by atoms with Gasteiger partial charge < -0.3 is 5.32 Å². The zero-order chi connectivity index (χ0) is 18.6. The number of rotatable bonds is 4. The van der Waals surface area contributed by atoms with Crippen LogP contribution in [0, 0.1) is 0 Å². The van der Waals surface area contributed by atoms with E-state index in [2.05, 4.69) is 15.4 Å². The molecule has 0 aliphatic carbocycles. The molecule has 1 fully saturated rings. The molecule has 6 nitrogen and oxygen atoms in total. The van der Waals surface area contributed by atoms with Crippen LogP contribution in [0.1, 0.15) is 31.2 Å². The summed E-state index contributed by atoms with van der Waals surface area (Å²) in [5, 5.41) is 6.55. The van der Waals surface area contributed by atoms with Gasteiger partial charge in [0.2, 0.25) is 5.91 Å². The topological polar surface area (TPSA) is 63.1 Å². The number of likely N-dealkylation sites (tertiary alicyclic amines) is 1. The molecule has 1 aliphatic rings. The summed E-state index contributed by atoms with van der Waals surface area (Å²) in [6.07, 6.45) is 2.49. The molecule has 1 saturated heterocycles. The minimum absolute atomic E-state index is 0.0603. The fourth-order valence-corrected chi connectivity index (χ4v) is 3.03. The Labute approximate surface area is 149 Å². The Balaban J connectivity index is 1.80. The van der Waals surface area contributed by atoms with E-state index in [0.717, 1.165) is 50.9 Å². The van der Waals surface area contributed by atoms with Crippen molar-refractivity contribution in [1.82, 2.24) is 19.7 Å². The van der Waals surface area contributed by atoms with Crippen molar-refractivity contribution >= 4 is 11.6 Å². The van der Waals surface area contributed by atoms with E-state index in [4.69, 9.17) is 0 Å². The summed E-state index contributed by atoms with van der Waals surface area (Å²) < 4.78 is 40.4. The van der Waals surface area contributed by atoms with Crippen LogP contribution in [0.15, 0.2) is 30.9 Å². The highest BCUT2D eigenvalue weighted by Crippen LogP contribution is 2.33. The zero-order valence-electron chi connectivity index (χ0n) is 14.2. The van der Waals surface area contributed by atoms with Gasteiger partial charge in [0.25, 0.3) is 0 Å². The molecule has 2 aromatic rings. The summed E-state index contributed by atoms with van der Waals surface area (Å²) >= 11 is 0. The van der Waals surface area contributed by atoms with E-state index < -0.39 is 11.7 Å². The zero-order valence-corrected chi connectivity index (χ0v) is 14.2. The van der Waals surface area contributed by atoms with Gasteiger partial charge >= 0.3 is 6.18 Å². The van der Waals surface area contributed by atoms with E-state index in [9.17, 15) is 18.0 Å². The van der Waals surface area contributed by atoms with Crippen LogP contribution in [0.25, 0.3) is 5.69 Å². The molecule has 0 unspecified atom stereocenters. The maximum Gasteiger partial charge on any atom is 0.416 e. The number of carbonyl (C=O) groups is 1. The second-order valence-electron chi connectivity index (χ2n) is 6.31. The van der Waals surface area contributed by atoms with Gasteiger partial charge in [-0.1, -0.05) is 12.8 Å². The predicted octanol–water partition coefficient (Wildman–Crippen LogP) is 3.10. The fraction of sp³-hybridized carbons (Fsp3) is 0.471. The number of alkyl halides is 3. The lowest BCUT2D eigenvalue weighted by molar-refractivity contribution is -0.137. The molecule has 1 aliphatic heterocycles. The quantitative estimate of drug-likeness (QED) is 0.902. The van der Waals surface area contributed by atoms with Crippen LogP contribution in [0.3, 0.4) is 0 Å². The Kier molecular flexibility index (Phi) is 5.55. The summed E-state index contributed by atoms with van der Waals surface area (Å²) in [5.74, 6) is -0.340. The molecular formula is C17H20F3N5O. The summed E-state index contributed by atoms with van der Waals surface area (Å²) in [6, 6.07) is 3.16. The molecule has 9 heteroatoms. The molecule has 140 valence electrons. The minimum atomic E-state index is -4.49. The van der Waals surface area contributed by atoms with Crippen LogP contribution < -0.4 is 5.32 Å². The first-order chi connectivity index (χ1) is 12.4. The van der Waals surface area contributed by atoms with Crippen LogP contribution in [0.2, 0.25) is 0 Å². The Morgan fingerprint density at radius 2 is 1.88 bits per heavy atom. The van der Waals surface area contributed by atoms with Crippen molar-refractivity contribution in [3.8, 4) is 5.69 Å². The van der Waals surface area contributed by atoms with E-state index in [-0.39, 0.29) is 18.1 Å². The predicted molar refractivity (Wildman–Crippen MR) is 89.9 cm³/mol. The molecule has 1 N–H and O–H groups in total. The summed E-state index contributed by atoms with van der Waals surface area (Å²) in [6.45, 7) is 1.81. The number of hydrogen-bond donors (Lipinski definition) is 1. The standard InChI is InChI=1S/C17H20F3N5O/c18-17(19,20)13-5-6-15(25-12-21-11-22-25)14(9-13)23-16(26)10-24-7-3-1-2-4-8-24/h5-6,9,11-12H,1-4,7-8,10H2,(H,23,26). The van der Waals surface area contributed by atoms with E-state index in [0.29, 0.717) is 5.69 Å². The molecule has 0 radical (unpaired) electrons. The number of benzene rings is 1. The van der Waals surface area contributed by atoms with Crippen LogP contribution >= 0.6 is 0 Å². The van der Waals surface area contributed by atoms with E-state index in [1.807, 2.05) is 4.90 Å². The van der Waals surface area contributed by atoms with Crippen LogP contribution in [-0.2, 0) is 11.0 Å². The highest BCUT2D eigenvalue weighted by Gasteiger charge is 2.31. The van der Waals surface area contributed by atoms with Crippen LogP contribution in [-0.4, -0.2) is 45.2 Å². The highest BCUT2D eigenvalue weighted by molar-refractivity contribution is 5.94. The lowest BCUT2D eigenvalue weighted by atomic mass is 10.1. The van der Waals surface area contributed by atoms with Crippen molar-refractivity contribution in [1.29, 1.82) is 0 Å². The van der Waals surface area contributed by atoms with Gasteiger partial charge in [-0.3, -0.25) is 9.69 Å². The first kappa shape index (κ1) is 18.4. The molecule has 0 saturated carbocycles. The fourth-order valence-electron chi connectivity index (χ4n) is 3.03. The smallest absolute Gasteiger partial charge is 0.323 e. The van der Waals surface area contributed by atoms with E-state index in [1.54, 1.807) is 0 Å². The molecular weight excluding hydrogens is 347 g/mol. The third-order valence-electron chi connectivity index (χ3n) is 4.33. The molecule has 2 heterocycles. The summed E-state index contributed by atoms with van der Waals surface area (Å²) in [5.41, 5.74) is -0.434. The van der Waals surface area contributed by atoms with Crippen LogP contribution in [0.4, 0.5) is 18.9 Å². The number of nitrogens with one attached hydrogen (secondary N) is 1. The van der Waals surface area contributed by atoms with Gasteiger partial charge in [0.05, 0.1) is 23.5 Å². The van der Waals surface area contributed by atoms with E-state index in [1.165, 1.54) is 23.4 Å². The van der Waals surface area contributed by atoms with E-state index >= 15 is 0 Å². The molecule has 1 aromatic heterocycles. The molecule has 26 heavy (non-hydrogen) atoms. The first-order valence-corrected chi connectivity index (χ1v) is 8.52. The SMILES string of the molecule is O=C(CN1CCCCCC1)Nc1cc(C(F)(F)F)ccc1-n1cncn1. The molecule has 3 rings (SSSR count). The molecule has 0 spiro atoms. The third kappa shape index (κ3) is 4.60. The van der Waals surface area contributed by atoms with Gasteiger partial charge in [-0.25, -0.2) is 9.67 Å². The second kappa shape index (κ2) is 7.86. The van der Waals surface area contributed by atoms with Crippen molar-refractivity contribution in [3.05, 3.63) is 36.4 Å².